The lowest BCUT2D eigenvalue weighted by Gasteiger charge is -2.13. The summed E-state index contributed by atoms with van der Waals surface area (Å²) in [6.45, 7) is 1.18. The van der Waals surface area contributed by atoms with Crippen molar-refractivity contribution in [2.45, 2.75) is 6.42 Å². The molecule has 140 valence electrons. The largest absolute Gasteiger partial charge is 0.395 e. The third-order valence-electron chi connectivity index (χ3n) is 3.83. The molecular weight excluding hydrogens is 336 g/mol. The molecule has 8 heteroatoms. The van der Waals surface area contributed by atoms with Crippen LogP contribution in [0.5, 0.6) is 0 Å². The van der Waals surface area contributed by atoms with Crippen molar-refractivity contribution in [3.63, 3.8) is 0 Å². The first kappa shape index (κ1) is 19.6. The Bertz CT molecular complexity index is 698. The van der Waals surface area contributed by atoms with Gasteiger partial charge in [0.15, 0.2) is 0 Å². The minimum Gasteiger partial charge on any atom is -0.395 e. The van der Waals surface area contributed by atoms with Crippen molar-refractivity contribution in [3.05, 3.63) is 41.6 Å². The molecular formula is C18H24N4O4. The zero-order valence-electron chi connectivity index (χ0n) is 15.0. The highest BCUT2D eigenvalue weighted by molar-refractivity contribution is 6.17. The number of nitrogens with zero attached hydrogens (tertiary/aromatic N) is 2. The molecule has 1 heterocycles. The van der Waals surface area contributed by atoms with Crippen molar-refractivity contribution < 1.29 is 19.5 Å². The smallest absolute Gasteiger partial charge is 0.277 e. The summed E-state index contributed by atoms with van der Waals surface area (Å²) in [5.74, 6) is -1.09. The molecule has 0 saturated carbocycles. The Kier molecular flexibility index (Phi) is 6.88. The number of imide groups is 1. The first-order chi connectivity index (χ1) is 12.4. The summed E-state index contributed by atoms with van der Waals surface area (Å²) >= 11 is 0. The van der Waals surface area contributed by atoms with E-state index in [0.717, 1.165) is 17.9 Å². The number of aliphatic hydroxyl groups is 1. The first-order valence-corrected chi connectivity index (χ1v) is 8.40. The molecule has 0 bridgehead atoms. The van der Waals surface area contributed by atoms with Gasteiger partial charge in [0.25, 0.3) is 17.7 Å². The molecule has 0 unspecified atom stereocenters. The van der Waals surface area contributed by atoms with Crippen LogP contribution >= 0.6 is 0 Å². The molecule has 1 aliphatic rings. The van der Waals surface area contributed by atoms with Crippen molar-refractivity contribution in [2.75, 3.05) is 45.7 Å². The van der Waals surface area contributed by atoms with Crippen LogP contribution in [0, 0.1) is 0 Å². The molecule has 0 aromatic heterocycles. The number of rotatable bonds is 9. The molecule has 8 nitrogen and oxygen atoms in total. The Morgan fingerprint density at radius 3 is 2.50 bits per heavy atom. The Morgan fingerprint density at radius 1 is 1.19 bits per heavy atom. The van der Waals surface area contributed by atoms with Gasteiger partial charge in [-0.1, -0.05) is 0 Å². The van der Waals surface area contributed by atoms with Crippen LogP contribution in [0.2, 0.25) is 0 Å². The van der Waals surface area contributed by atoms with E-state index in [0.29, 0.717) is 17.8 Å². The number of aliphatic hydroxyl groups excluding tert-OH is 1. The summed E-state index contributed by atoms with van der Waals surface area (Å²) in [6, 6.07) is 6.64. The van der Waals surface area contributed by atoms with Gasteiger partial charge in [-0.15, -0.1) is 0 Å². The Labute approximate surface area is 152 Å². The minimum atomic E-state index is -0.480. The highest BCUT2D eigenvalue weighted by Crippen LogP contribution is 2.17. The van der Waals surface area contributed by atoms with E-state index in [1.54, 1.807) is 24.3 Å². The number of anilines is 1. The second kappa shape index (κ2) is 9.12. The maximum atomic E-state index is 12.1. The second-order valence-corrected chi connectivity index (χ2v) is 6.19. The van der Waals surface area contributed by atoms with E-state index >= 15 is 0 Å². The van der Waals surface area contributed by atoms with Gasteiger partial charge in [-0.3, -0.25) is 19.3 Å². The van der Waals surface area contributed by atoms with Crippen LogP contribution < -0.4 is 10.6 Å². The van der Waals surface area contributed by atoms with Gasteiger partial charge in [-0.2, -0.15) is 0 Å². The lowest BCUT2D eigenvalue weighted by atomic mass is 10.2. The van der Waals surface area contributed by atoms with Gasteiger partial charge >= 0.3 is 0 Å². The quantitative estimate of drug-likeness (QED) is 0.424. The van der Waals surface area contributed by atoms with Crippen LogP contribution in [-0.2, 0) is 9.59 Å². The van der Waals surface area contributed by atoms with E-state index in [1.807, 2.05) is 14.1 Å². The molecule has 1 aromatic carbocycles. The fourth-order valence-corrected chi connectivity index (χ4v) is 2.47. The molecule has 2 rings (SSSR count). The molecule has 0 spiro atoms. The van der Waals surface area contributed by atoms with Gasteiger partial charge in [-0.25, -0.2) is 0 Å². The number of β-amino-alcohol motifs (C(OH)–C–C–N with tert-alkyl or cyclic N) is 1. The lowest BCUT2D eigenvalue weighted by Crippen LogP contribution is -2.34. The fourth-order valence-electron chi connectivity index (χ4n) is 2.47. The standard InChI is InChI=1S/C18H24N4O4/c1-21(2)9-3-8-19-17(25)13-4-6-14(7-5-13)20-15-12-16(24)22(10-11-23)18(15)26/h4-7,12,20,23H,3,8-11H2,1-2H3,(H,19,25). The van der Waals surface area contributed by atoms with Crippen LogP contribution in [0.4, 0.5) is 5.69 Å². The van der Waals surface area contributed by atoms with E-state index in [9.17, 15) is 14.4 Å². The normalized spacial score (nSPS) is 14.0. The van der Waals surface area contributed by atoms with Gasteiger partial charge in [0.1, 0.15) is 5.70 Å². The van der Waals surface area contributed by atoms with E-state index in [4.69, 9.17) is 5.11 Å². The summed E-state index contributed by atoms with van der Waals surface area (Å²) in [4.78, 5) is 38.9. The van der Waals surface area contributed by atoms with E-state index in [1.165, 1.54) is 6.08 Å². The van der Waals surface area contributed by atoms with Crippen LogP contribution in [0.15, 0.2) is 36.0 Å². The fraction of sp³-hybridized carbons (Fsp3) is 0.389. The van der Waals surface area contributed by atoms with Gasteiger partial charge in [0.2, 0.25) is 0 Å². The van der Waals surface area contributed by atoms with Crippen molar-refractivity contribution in [2.24, 2.45) is 0 Å². The number of carbonyl (C=O) groups excluding carboxylic acids is 3. The van der Waals surface area contributed by atoms with Crippen LogP contribution in [-0.4, -0.2) is 73.0 Å². The van der Waals surface area contributed by atoms with E-state index in [2.05, 4.69) is 15.5 Å². The van der Waals surface area contributed by atoms with Crippen molar-refractivity contribution in [1.82, 2.24) is 15.1 Å². The molecule has 0 atom stereocenters. The molecule has 0 fully saturated rings. The molecule has 26 heavy (non-hydrogen) atoms. The molecule has 0 radical (unpaired) electrons. The predicted octanol–water partition coefficient (Wildman–Crippen LogP) is 0.0250. The second-order valence-electron chi connectivity index (χ2n) is 6.19. The average Bonchev–Trinajstić information content (AvgIpc) is 2.87. The summed E-state index contributed by atoms with van der Waals surface area (Å²) in [5.41, 5.74) is 1.25. The number of carbonyl (C=O) groups is 3. The number of hydrogen-bond donors (Lipinski definition) is 3. The molecule has 0 saturated heterocycles. The van der Waals surface area contributed by atoms with Gasteiger partial charge < -0.3 is 20.6 Å². The number of amides is 3. The number of benzene rings is 1. The zero-order chi connectivity index (χ0) is 19.1. The minimum absolute atomic E-state index is 0.0354. The third kappa shape index (κ3) is 5.14. The SMILES string of the molecule is CN(C)CCCNC(=O)c1ccc(NC2=CC(=O)N(CCO)C2=O)cc1. The first-order valence-electron chi connectivity index (χ1n) is 8.40. The Morgan fingerprint density at radius 2 is 1.88 bits per heavy atom. The predicted molar refractivity (Wildman–Crippen MR) is 97.5 cm³/mol. The molecule has 3 amide bonds. The van der Waals surface area contributed by atoms with Gasteiger partial charge in [0, 0.05) is 23.9 Å². The van der Waals surface area contributed by atoms with E-state index in [-0.39, 0.29) is 24.8 Å². The summed E-state index contributed by atoms with van der Waals surface area (Å²) in [7, 11) is 3.96. The molecule has 1 aromatic rings. The highest BCUT2D eigenvalue weighted by Gasteiger charge is 2.30. The maximum absolute atomic E-state index is 12.1. The van der Waals surface area contributed by atoms with Crippen LogP contribution in [0.25, 0.3) is 0 Å². The molecule has 0 aliphatic carbocycles. The zero-order valence-corrected chi connectivity index (χ0v) is 15.0. The van der Waals surface area contributed by atoms with Gasteiger partial charge in [-0.05, 0) is 51.3 Å². The maximum Gasteiger partial charge on any atom is 0.277 e. The van der Waals surface area contributed by atoms with Crippen LogP contribution in [0.3, 0.4) is 0 Å². The summed E-state index contributed by atoms with van der Waals surface area (Å²) in [6.07, 6.45) is 2.07. The van der Waals surface area contributed by atoms with Crippen molar-refractivity contribution in [1.29, 1.82) is 0 Å². The molecule has 1 aliphatic heterocycles. The Hall–Kier alpha value is -2.71. The number of hydrogen-bond acceptors (Lipinski definition) is 6. The monoisotopic (exact) mass is 360 g/mol. The van der Waals surface area contributed by atoms with Crippen molar-refractivity contribution in [3.8, 4) is 0 Å². The topological polar surface area (TPSA) is 102 Å². The van der Waals surface area contributed by atoms with E-state index < -0.39 is 11.8 Å². The third-order valence-corrected chi connectivity index (χ3v) is 3.83. The summed E-state index contributed by atoms with van der Waals surface area (Å²) < 4.78 is 0. The Balaban J connectivity index is 1.89. The van der Waals surface area contributed by atoms with Gasteiger partial charge in [0.05, 0.1) is 13.2 Å². The average molecular weight is 360 g/mol. The molecule has 3 N–H and O–H groups in total. The van der Waals surface area contributed by atoms with Crippen LogP contribution in [0.1, 0.15) is 16.8 Å². The lowest BCUT2D eigenvalue weighted by molar-refractivity contribution is -0.137. The number of nitrogens with one attached hydrogen (secondary N) is 2. The highest BCUT2D eigenvalue weighted by atomic mass is 16.3. The van der Waals surface area contributed by atoms with Crippen molar-refractivity contribution >= 4 is 23.4 Å². The summed E-state index contributed by atoms with van der Waals surface area (Å²) in [5, 5.41) is 14.6.